The van der Waals surface area contributed by atoms with Crippen molar-refractivity contribution in [2.24, 2.45) is 0 Å². The lowest BCUT2D eigenvalue weighted by Gasteiger charge is -2.29. The molecule has 9 heteroatoms. The van der Waals surface area contributed by atoms with Crippen LogP contribution in [0.5, 0.6) is 5.75 Å². The molecule has 1 saturated heterocycles. The number of piperidine rings is 1. The number of nitrogens with zero attached hydrogens (tertiary/aromatic N) is 3. The van der Waals surface area contributed by atoms with Crippen LogP contribution in [0.1, 0.15) is 23.2 Å². The Bertz CT molecular complexity index is 983. The standard InChI is InChI=1S/C22H30N4O4S/c1-24(2)31(28,29)26(4)19-9-5-17(6-10-19)22(27)23-18-7-11-20(12-8-18)30-21-13-15-25(3)16-14-21/h5-12,21H,13-16H2,1-4H3,(H,23,27). The molecule has 0 radical (unpaired) electrons. The molecule has 1 amide bonds. The molecule has 1 N–H and O–H groups in total. The van der Waals surface area contributed by atoms with Gasteiger partial charge in [-0.3, -0.25) is 9.10 Å². The molecule has 1 fully saturated rings. The smallest absolute Gasteiger partial charge is 0.303 e. The highest BCUT2D eigenvalue weighted by Crippen LogP contribution is 2.22. The number of amides is 1. The number of rotatable bonds is 7. The summed E-state index contributed by atoms with van der Waals surface area (Å²) in [5.74, 6) is 0.524. The third kappa shape index (κ3) is 5.75. The highest BCUT2D eigenvalue weighted by molar-refractivity contribution is 7.90. The van der Waals surface area contributed by atoms with Crippen LogP contribution < -0.4 is 14.4 Å². The van der Waals surface area contributed by atoms with Gasteiger partial charge < -0.3 is 15.0 Å². The number of benzene rings is 2. The molecule has 0 spiro atoms. The Kier molecular flexibility index (Phi) is 7.19. The van der Waals surface area contributed by atoms with Crippen LogP contribution in [-0.2, 0) is 10.2 Å². The first-order valence-electron chi connectivity index (χ1n) is 10.2. The normalized spacial score (nSPS) is 15.6. The number of anilines is 2. The molecular weight excluding hydrogens is 416 g/mol. The molecule has 1 aliphatic rings. The van der Waals surface area contributed by atoms with E-state index < -0.39 is 10.2 Å². The number of carbonyl (C=O) groups is 1. The maximum atomic E-state index is 12.5. The number of nitrogens with one attached hydrogen (secondary N) is 1. The van der Waals surface area contributed by atoms with Gasteiger partial charge in [-0.2, -0.15) is 12.7 Å². The van der Waals surface area contributed by atoms with Gasteiger partial charge in [0.2, 0.25) is 0 Å². The number of hydrogen-bond acceptors (Lipinski definition) is 5. The molecule has 8 nitrogen and oxygen atoms in total. The van der Waals surface area contributed by atoms with Crippen molar-refractivity contribution in [2.45, 2.75) is 18.9 Å². The van der Waals surface area contributed by atoms with Gasteiger partial charge in [0.05, 0.1) is 5.69 Å². The summed E-state index contributed by atoms with van der Waals surface area (Å²) < 4.78 is 32.8. The minimum Gasteiger partial charge on any atom is -0.490 e. The van der Waals surface area contributed by atoms with E-state index >= 15 is 0 Å². The molecule has 2 aromatic carbocycles. The van der Waals surface area contributed by atoms with Crippen LogP contribution in [0.4, 0.5) is 11.4 Å². The molecule has 0 bridgehead atoms. The van der Waals surface area contributed by atoms with Gasteiger partial charge >= 0.3 is 10.2 Å². The maximum Gasteiger partial charge on any atom is 0.303 e. The van der Waals surface area contributed by atoms with E-state index in [9.17, 15) is 13.2 Å². The van der Waals surface area contributed by atoms with Crippen molar-refractivity contribution in [3.05, 3.63) is 54.1 Å². The number of ether oxygens (including phenoxy) is 1. The van der Waals surface area contributed by atoms with Crippen molar-refractivity contribution in [1.82, 2.24) is 9.21 Å². The van der Waals surface area contributed by atoms with Gasteiger partial charge in [0.15, 0.2) is 0 Å². The maximum absolute atomic E-state index is 12.5. The van der Waals surface area contributed by atoms with Crippen molar-refractivity contribution < 1.29 is 17.9 Å². The van der Waals surface area contributed by atoms with E-state index in [2.05, 4.69) is 17.3 Å². The average Bonchev–Trinajstić information content (AvgIpc) is 2.76. The Morgan fingerprint density at radius 2 is 1.58 bits per heavy atom. The highest BCUT2D eigenvalue weighted by atomic mass is 32.2. The summed E-state index contributed by atoms with van der Waals surface area (Å²) in [4.78, 5) is 14.8. The molecule has 168 valence electrons. The fourth-order valence-electron chi connectivity index (χ4n) is 3.32. The Morgan fingerprint density at radius 1 is 1.00 bits per heavy atom. The van der Waals surface area contributed by atoms with Crippen molar-refractivity contribution in [3.63, 3.8) is 0 Å². The van der Waals surface area contributed by atoms with E-state index in [0.29, 0.717) is 16.9 Å². The van der Waals surface area contributed by atoms with E-state index in [1.165, 1.54) is 21.1 Å². The van der Waals surface area contributed by atoms with Crippen LogP contribution in [0.15, 0.2) is 48.5 Å². The molecule has 1 aliphatic heterocycles. The number of likely N-dealkylation sites (tertiary alicyclic amines) is 1. The monoisotopic (exact) mass is 446 g/mol. The van der Waals surface area contributed by atoms with E-state index in [4.69, 9.17) is 4.74 Å². The zero-order valence-corrected chi connectivity index (χ0v) is 19.2. The summed E-state index contributed by atoms with van der Waals surface area (Å²) in [7, 11) is 2.95. The molecule has 0 saturated carbocycles. The Hall–Kier alpha value is -2.62. The van der Waals surface area contributed by atoms with Crippen LogP contribution in [0.3, 0.4) is 0 Å². The van der Waals surface area contributed by atoms with Gasteiger partial charge in [-0.15, -0.1) is 0 Å². The summed E-state index contributed by atoms with van der Waals surface area (Å²) >= 11 is 0. The predicted molar refractivity (Wildman–Crippen MR) is 123 cm³/mol. The second-order valence-corrected chi connectivity index (χ2v) is 10.1. The molecule has 31 heavy (non-hydrogen) atoms. The Morgan fingerprint density at radius 3 is 2.13 bits per heavy atom. The van der Waals surface area contributed by atoms with Crippen molar-refractivity contribution in [3.8, 4) is 5.75 Å². The van der Waals surface area contributed by atoms with Gasteiger partial charge in [0, 0.05) is 45.5 Å². The van der Waals surface area contributed by atoms with Gasteiger partial charge in [-0.1, -0.05) is 0 Å². The molecule has 1 heterocycles. The lowest BCUT2D eigenvalue weighted by Crippen LogP contribution is -2.37. The summed E-state index contributed by atoms with van der Waals surface area (Å²) in [5.41, 5.74) is 1.57. The number of hydrogen-bond donors (Lipinski definition) is 1. The molecule has 0 aliphatic carbocycles. The third-order valence-electron chi connectivity index (χ3n) is 5.38. The number of carbonyl (C=O) groups excluding carboxylic acids is 1. The molecule has 2 aromatic rings. The summed E-state index contributed by atoms with van der Waals surface area (Å²) in [5, 5.41) is 2.85. The van der Waals surface area contributed by atoms with Crippen LogP contribution in [-0.4, -0.2) is 70.9 Å². The molecule has 0 unspecified atom stereocenters. The zero-order chi connectivity index (χ0) is 22.6. The SMILES string of the molecule is CN1CCC(Oc2ccc(NC(=O)c3ccc(N(C)S(=O)(=O)N(C)C)cc3)cc2)CC1. The van der Waals surface area contributed by atoms with E-state index in [0.717, 1.165) is 40.3 Å². The fourth-order valence-corrected chi connectivity index (χ4v) is 4.19. The van der Waals surface area contributed by atoms with Crippen molar-refractivity contribution in [1.29, 1.82) is 0 Å². The first kappa shape index (κ1) is 23.1. The van der Waals surface area contributed by atoms with E-state index in [-0.39, 0.29) is 12.0 Å². The molecular formula is C22H30N4O4S. The molecule has 3 rings (SSSR count). The third-order valence-corrected chi connectivity index (χ3v) is 7.21. The zero-order valence-electron chi connectivity index (χ0n) is 18.4. The van der Waals surface area contributed by atoms with Crippen LogP contribution in [0, 0.1) is 0 Å². The van der Waals surface area contributed by atoms with Crippen LogP contribution >= 0.6 is 0 Å². The van der Waals surface area contributed by atoms with E-state index in [1.54, 1.807) is 24.3 Å². The quantitative estimate of drug-likeness (QED) is 0.707. The van der Waals surface area contributed by atoms with Gasteiger partial charge in [0.1, 0.15) is 11.9 Å². The summed E-state index contributed by atoms with van der Waals surface area (Å²) in [6.45, 7) is 2.07. The first-order valence-corrected chi connectivity index (χ1v) is 11.6. The van der Waals surface area contributed by atoms with Gasteiger partial charge in [-0.05, 0) is 68.4 Å². The Balaban J connectivity index is 1.58. The molecule has 0 aromatic heterocycles. The predicted octanol–water partition coefficient (Wildman–Crippen LogP) is 2.65. The largest absolute Gasteiger partial charge is 0.490 e. The van der Waals surface area contributed by atoms with Crippen LogP contribution in [0.2, 0.25) is 0 Å². The van der Waals surface area contributed by atoms with Crippen LogP contribution in [0.25, 0.3) is 0 Å². The minimum atomic E-state index is -3.58. The van der Waals surface area contributed by atoms with E-state index in [1.807, 2.05) is 24.3 Å². The summed E-state index contributed by atoms with van der Waals surface area (Å²) in [6, 6.07) is 13.8. The lowest BCUT2D eigenvalue weighted by atomic mass is 10.1. The van der Waals surface area contributed by atoms with Crippen molar-refractivity contribution >= 4 is 27.5 Å². The second-order valence-electron chi connectivity index (χ2n) is 7.90. The molecule has 0 atom stereocenters. The summed E-state index contributed by atoms with van der Waals surface area (Å²) in [6.07, 6.45) is 2.25. The topological polar surface area (TPSA) is 82.2 Å². The first-order chi connectivity index (χ1) is 14.7. The highest BCUT2D eigenvalue weighted by Gasteiger charge is 2.21. The average molecular weight is 447 g/mol. The van der Waals surface area contributed by atoms with Gasteiger partial charge in [0.25, 0.3) is 5.91 Å². The fraction of sp³-hybridized carbons (Fsp3) is 0.409. The lowest BCUT2D eigenvalue weighted by molar-refractivity contribution is 0.102. The van der Waals surface area contributed by atoms with Gasteiger partial charge in [-0.25, -0.2) is 0 Å². The second kappa shape index (κ2) is 9.67. The Labute approximate surface area is 184 Å². The van der Waals surface area contributed by atoms with Crippen molar-refractivity contribution in [2.75, 3.05) is 50.9 Å². The minimum absolute atomic E-state index is 0.226.